The summed E-state index contributed by atoms with van der Waals surface area (Å²) in [6, 6.07) is 0. The molecule has 0 atom stereocenters. The molecule has 0 heterocycles. The van der Waals surface area contributed by atoms with Crippen molar-refractivity contribution in [3.8, 4) is 0 Å². The Morgan fingerprint density at radius 3 is 1.48 bits per heavy atom. The van der Waals surface area contributed by atoms with Gasteiger partial charge in [0.05, 0.1) is 0 Å². The predicted octanol–water partition coefficient (Wildman–Crippen LogP) is 3.34. The Hall–Kier alpha value is -0.427. The van der Waals surface area contributed by atoms with Crippen molar-refractivity contribution in [2.24, 2.45) is 0 Å². The van der Waals surface area contributed by atoms with Crippen LogP contribution in [0.25, 0.3) is 0 Å². The van der Waals surface area contributed by atoms with Gasteiger partial charge in [-0.15, -0.1) is 0 Å². The fraction of sp³-hybridized carbons (Fsp3) is 0.824. The van der Waals surface area contributed by atoms with Crippen molar-refractivity contribution in [3.63, 3.8) is 0 Å². The number of hydrogen-bond donors (Lipinski definition) is 0. The molecule has 0 unspecified atom stereocenters. The van der Waals surface area contributed by atoms with Gasteiger partial charge in [0.25, 0.3) is 0 Å². The third-order valence-corrected chi connectivity index (χ3v) is 8.37. The van der Waals surface area contributed by atoms with Gasteiger partial charge in [-0.1, -0.05) is 0 Å². The van der Waals surface area contributed by atoms with Crippen LogP contribution in [0.1, 0.15) is 72.6 Å². The van der Waals surface area contributed by atoms with Crippen molar-refractivity contribution < 1.29 is 47.7 Å². The number of carbonyl (C=O) groups is 3. The van der Waals surface area contributed by atoms with E-state index < -0.39 is 46.0 Å². The second kappa shape index (κ2) is 14.7. The van der Waals surface area contributed by atoms with E-state index in [0.29, 0.717) is 19.8 Å². The molecule has 0 aliphatic carbocycles. The van der Waals surface area contributed by atoms with E-state index in [2.05, 4.69) is 0 Å². The minimum atomic E-state index is -4.65. The summed E-state index contributed by atoms with van der Waals surface area (Å²) in [4.78, 5) is 34.9. The second-order valence-electron chi connectivity index (χ2n) is 5.80. The average molecular weight is 440 g/mol. The molecule has 0 amide bonds. The summed E-state index contributed by atoms with van der Waals surface area (Å²) in [5.41, 5.74) is 0. The minimum absolute atomic E-state index is 0.346. The summed E-state index contributed by atoms with van der Waals surface area (Å²) in [5.74, 6) is -2.39. The summed E-state index contributed by atoms with van der Waals surface area (Å²) >= 11 is -4.65. The van der Waals surface area contributed by atoms with Gasteiger partial charge < -0.3 is 0 Å². The van der Waals surface area contributed by atoms with Crippen LogP contribution in [0.3, 0.4) is 0 Å². The molecule has 0 radical (unpaired) electrons. The molecule has 0 saturated heterocycles. The standard InChI is InChI=1S/C5H6O4.3C4H9O.Zr/c1-3(6)2-4(7)5(8)9;3*1-2-3-4-5;/h2H2,1H3,(H,8,9);3*2-4H2,1H3;/q;3*-1;+4/p-1. The van der Waals surface area contributed by atoms with Gasteiger partial charge in [-0.05, 0) is 0 Å². The van der Waals surface area contributed by atoms with Crippen molar-refractivity contribution in [2.45, 2.75) is 72.6 Å². The van der Waals surface area contributed by atoms with E-state index in [4.69, 9.17) is 11.3 Å². The Kier molecular flexibility index (Phi) is 14.5. The quantitative estimate of drug-likeness (QED) is 0.207. The first-order chi connectivity index (χ1) is 11.9. The molecular formula is C17H32O7Zr. The topological polar surface area (TPSA) is 88.1 Å². The molecule has 0 aromatic heterocycles. The first-order valence-electron chi connectivity index (χ1n) is 9.08. The number of rotatable bonds is 16. The molecule has 0 aliphatic heterocycles. The molecule has 0 bridgehead atoms. The molecule has 0 spiro atoms. The van der Waals surface area contributed by atoms with Crippen molar-refractivity contribution >= 4 is 17.5 Å². The number of ketones is 2. The monoisotopic (exact) mass is 438 g/mol. The summed E-state index contributed by atoms with van der Waals surface area (Å²) in [6.07, 6.45) is 4.54. The third-order valence-electron chi connectivity index (χ3n) is 3.19. The van der Waals surface area contributed by atoms with E-state index in [9.17, 15) is 14.4 Å². The molecule has 0 aliphatic rings. The summed E-state index contributed by atoms with van der Waals surface area (Å²) in [5, 5.41) is 0. The van der Waals surface area contributed by atoms with Crippen molar-refractivity contribution in [1.29, 1.82) is 0 Å². The molecule has 0 aromatic carbocycles. The molecule has 0 fully saturated rings. The van der Waals surface area contributed by atoms with Gasteiger partial charge in [-0.2, -0.15) is 0 Å². The van der Waals surface area contributed by atoms with Crippen molar-refractivity contribution in [2.75, 3.05) is 19.8 Å². The van der Waals surface area contributed by atoms with Crippen LogP contribution in [0.4, 0.5) is 0 Å². The van der Waals surface area contributed by atoms with E-state index in [0.717, 1.165) is 38.5 Å². The van der Waals surface area contributed by atoms with E-state index in [1.165, 1.54) is 6.92 Å². The summed E-state index contributed by atoms with van der Waals surface area (Å²) < 4.78 is 22.7. The molecule has 7 nitrogen and oxygen atoms in total. The fourth-order valence-corrected chi connectivity index (χ4v) is 6.50. The Labute approximate surface area is 157 Å². The summed E-state index contributed by atoms with van der Waals surface area (Å²) in [7, 11) is 0. The predicted molar refractivity (Wildman–Crippen MR) is 89.0 cm³/mol. The number of carbonyl (C=O) groups excluding carboxylic acids is 3. The van der Waals surface area contributed by atoms with Gasteiger partial charge in [0.15, 0.2) is 0 Å². The van der Waals surface area contributed by atoms with Gasteiger partial charge in [0.1, 0.15) is 0 Å². The molecular weight excluding hydrogens is 407 g/mol. The zero-order chi connectivity index (χ0) is 19.1. The zero-order valence-electron chi connectivity index (χ0n) is 15.9. The first kappa shape index (κ1) is 24.6. The van der Waals surface area contributed by atoms with Crippen molar-refractivity contribution in [3.05, 3.63) is 0 Å². The van der Waals surface area contributed by atoms with E-state index in [1.807, 2.05) is 20.8 Å². The maximum atomic E-state index is 12.1. The van der Waals surface area contributed by atoms with Crippen LogP contribution in [0.2, 0.25) is 0 Å². The van der Waals surface area contributed by atoms with Gasteiger partial charge in [-0.3, -0.25) is 0 Å². The molecule has 8 heteroatoms. The second-order valence-corrected chi connectivity index (χ2v) is 10.9. The first-order valence-corrected chi connectivity index (χ1v) is 13.1. The van der Waals surface area contributed by atoms with Crippen molar-refractivity contribution in [1.82, 2.24) is 0 Å². The molecule has 0 aromatic rings. The maximum absolute atomic E-state index is 12.1. The normalized spacial score (nSPS) is 11.4. The van der Waals surface area contributed by atoms with Crippen LogP contribution >= 0.6 is 0 Å². The SMILES string of the molecule is CCCC[O][Zr]([O]CCCC)([O]CCCC)[O]C(=O)C(=O)CC(C)=O. The number of Topliss-reactive ketones (excluding diaryl/α,β-unsaturated/α-hetero) is 2. The van der Waals surface area contributed by atoms with E-state index in [-0.39, 0.29) is 0 Å². The van der Waals surface area contributed by atoms with Gasteiger partial charge in [0.2, 0.25) is 0 Å². The Morgan fingerprint density at radius 2 is 1.16 bits per heavy atom. The number of unbranched alkanes of at least 4 members (excludes halogenated alkanes) is 3. The van der Waals surface area contributed by atoms with Crippen LogP contribution in [0.15, 0.2) is 0 Å². The zero-order valence-corrected chi connectivity index (χ0v) is 18.4. The van der Waals surface area contributed by atoms with Gasteiger partial charge in [0, 0.05) is 0 Å². The third kappa shape index (κ3) is 11.7. The Bertz CT molecular complexity index is 385. The molecule has 25 heavy (non-hydrogen) atoms. The molecule has 0 N–H and O–H groups in total. The molecule has 0 rings (SSSR count). The molecule has 0 saturated carbocycles. The number of hydrogen-bond acceptors (Lipinski definition) is 7. The van der Waals surface area contributed by atoms with Crippen LogP contribution in [-0.2, 0) is 47.7 Å². The van der Waals surface area contributed by atoms with E-state index >= 15 is 0 Å². The van der Waals surface area contributed by atoms with Crippen LogP contribution < -0.4 is 0 Å². The van der Waals surface area contributed by atoms with E-state index in [1.54, 1.807) is 0 Å². The average Bonchev–Trinajstić information content (AvgIpc) is 2.55. The Morgan fingerprint density at radius 1 is 0.760 bits per heavy atom. The Balaban J connectivity index is 5.11. The fourth-order valence-electron chi connectivity index (χ4n) is 1.71. The van der Waals surface area contributed by atoms with Crippen LogP contribution in [0.5, 0.6) is 0 Å². The van der Waals surface area contributed by atoms with Crippen LogP contribution in [-0.4, -0.2) is 37.4 Å². The summed E-state index contributed by atoms with van der Waals surface area (Å²) in [6.45, 7) is 8.32. The van der Waals surface area contributed by atoms with Crippen LogP contribution in [0, 0.1) is 0 Å². The molecule has 146 valence electrons. The van der Waals surface area contributed by atoms with Gasteiger partial charge >= 0.3 is 158 Å². The van der Waals surface area contributed by atoms with Gasteiger partial charge in [-0.25, -0.2) is 0 Å².